The van der Waals surface area contributed by atoms with Crippen LogP contribution in [0.1, 0.15) is 36.9 Å². The predicted octanol–water partition coefficient (Wildman–Crippen LogP) is 3.34. The fraction of sp³-hybridized carbons (Fsp3) is 0.435. The first kappa shape index (κ1) is 18.8. The van der Waals surface area contributed by atoms with Crippen LogP contribution in [-0.2, 0) is 11.2 Å². The fourth-order valence-corrected chi connectivity index (χ4v) is 4.09. The number of nitrogens with one attached hydrogen (secondary N) is 1. The van der Waals surface area contributed by atoms with Crippen LogP contribution in [0, 0.1) is 0 Å². The molecule has 1 heterocycles. The third kappa shape index (κ3) is 4.30. The minimum absolute atomic E-state index is 0.0701. The molecule has 0 saturated carbocycles. The van der Waals surface area contributed by atoms with Crippen molar-refractivity contribution in [1.82, 2.24) is 10.2 Å². The maximum Gasteiger partial charge on any atom is 0.234 e. The molecule has 148 valence electrons. The number of aryl methyl sites for hydroxylation is 1. The van der Waals surface area contributed by atoms with E-state index in [1.807, 2.05) is 24.3 Å². The van der Waals surface area contributed by atoms with Gasteiger partial charge in [0.15, 0.2) is 11.5 Å². The van der Waals surface area contributed by atoms with Gasteiger partial charge in [0, 0.05) is 6.54 Å². The quantitative estimate of drug-likeness (QED) is 0.835. The van der Waals surface area contributed by atoms with Crippen LogP contribution < -0.4 is 14.8 Å². The van der Waals surface area contributed by atoms with Crippen LogP contribution in [0.15, 0.2) is 48.5 Å². The van der Waals surface area contributed by atoms with Crippen molar-refractivity contribution in [3.8, 4) is 11.5 Å². The highest BCUT2D eigenvalue weighted by Gasteiger charge is 2.25. The van der Waals surface area contributed by atoms with E-state index in [0.29, 0.717) is 19.7 Å². The van der Waals surface area contributed by atoms with Gasteiger partial charge in [-0.3, -0.25) is 9.69 Å². The van der Waals surface area contributed by atoms with Gasteiger partial charge in [-0.1, -0.05) is 43.3 Å². The average molecular weight is 380 g/mol. The number of hydrogen-bond donors (Lipinski definition) is 1. The molecule has 1 N–H and O–H groups in total. The molecule has 2 atom stereocenters. The number of likely N-dealkylation sites (N-methyl/N-ethyl adjacent to an activating group) is 1. The molecule has 0 aromatic heterocycles. The van der Waals surface area contributed by atoms with Gasteiger partial charge in [0.2, 0.25) is 5.91 Å². The maximum absolute atomic E-state index is 12.7. The lowest BCUT2D eigenvalue weighted by molar-refractivity contribution is -0.123. The molecule has 2 aliphatic rings. The van der Waals surface area contributed by atoms with Crippen molar-refractivity contribution in [2.45, 2.75) is 38.3 Å². The molecule has 4 rings (SSSR count). The van der Waals surface area contributed by atoms with Crippen molar-refractivity contribution in [3.05, 3.63) is 59.7 Å². The molecule has 2 aromatic carbocycles. The Bertz CT molecular complexity index is 823. The molecule has 1 amide bonds. The van der Waals surface area contributed by atoms with E-state index in [2.05, 4.69) is 41.4 Å². The number of carbonyl (C=O) groups excluding carboxylic acids is 1. The molecule has 0 spiro atoms. The molecule has 0 radical (unpaired) electrons. The van der Waals surface area contributed by atoms with E-state index in [-0.39, 0.29) is 18.1 Å². The zero-order valence-electron chi connectivity index (χ0n) is 16.4. The van der Waals surface area contributed by atoms with Gasteiger partial charge in [-0.25, -0.2) is 0 Å². The number of rotatable bonds is 6. The minimum Gasteiger partial charge on any atom is -0.486 e. The van der Waals surface area contributed by atoms with Gasteiger partial charge < -0.3 is 14.8 Å². The lowest BCUT2D eigenvalue weighted by atomic mass is 9.88. The number of carbonyl (C=O) groups is 1. The summed E-state index contributed by atoms with van der Waals surface area (Å²) in [6, 6.07) is 16.3. The second-order valence-corrected chi connectivity index (χ2v) is 7.54. The minimum atomic E-state index is -0.0712. The zero-order valence-corrected chi connectivity index (χ0v) is 16.4. The third-order valence-corrected chi connectivity index (χ3v) is 5.55. The molecular weight excluding hydrogens is 352 g/mol. The first-order valence-corrected chi connectivity index (χ1v) is 10.2. The Kier molecular flexibility index (Phi) is 5.81. The van der Waals surface area contributed by atoms with Crippen molar-refractivity contribution in [2.75, 3.05) is 26.2 Å². The van der Waals surface area contributed by atoms with E-state index in [0.717, 1.165) is 37.3 Å². The lowest BCUT2D eigenvalue weighted by Crippen LogP contribution is -2.45. The monoisotopic (exact) mass is 380 g/mol. The van der Waals surface area contributed by atoms with Crippen LogP contribution in [0.2, 0.25) is 0 Å². The van der Waals surface area contributed by atoms with Crippen molar-refractivity contribution in [1.29, 1.82) is 0 Å². The summed E-state index contributed by atoms with van der Waals surface area (Å²) in [7, 11) is 0. The predicted molar refractivity (Wildman–Crippen MR) is 109 cm³/mol. The lowest BCUT2D eigenvalue weighted by Gasteiger charge is -2.31. The summed E-state index contributed by atoms with van der Waals surface area (Å²) in [5.74, 6) is 1.63. The first-order chi connectivity index (χ1) is 13.7. The van der Waals surface area contributed by atoms with Crippen LogP contribution in [0.3, 0.4) is 0 Å². The van der Waals surface area contributed by atoms with E-state index in [9.17, 15) is 4.79 Å². The largest absolute Gasteiger partial charge is 0.486 e. The van der Waals surface area contributed by atoms with Gasteiger partial charge in [0.25, 0.3) is 0 Å². The summed E-state index contributed by atoms with van der Waals surface area (Å²) in [6.07, 6.45) is 3.15. The normalized spacial score (nSPS) is 20.5. The third-order valence-electron chi connectivity index (χ3n) is 5.55. The Labute approximate surface area is 166 Å². The number of benzene rings is 2. The molecule has 0 bridgehead atoms. The number of hydrogen-bond acceptors (Lipinski definition) is 4. The summed E-state index contributed by atoms with van der Waals surface area (Å²) >= 11 is 0. The van der Waals surface area contributed by atoms with Crippen molar-refractivity contribution in [2.24, 2.45) is 0 Å². The molecule has 0 saturated heterocycles. The van der Waals surface area contributed by atoms with Crippen LogP contribution in [0.5, 0.6) is 11.5 Å². The van der Waals surface area contributed by atoms with E-state index >= 15 is 0 Å². The second kappa shape index (κ2) is 8.65. The Morgan fingerprint density at radius 1 is 1.14 bits per heavy atom. The SMILES string of the molecule is CCN(CC(=O)N[C@@H]1CCCc2ccccc21)C[C@@H]1COc2ccccc2O1. The number of nitrogens with zero attached hydrogens (tertiary/aromatic N) is 1. The Morgan fingerprint density at radius 2 is 1.93 bits per heavy atom. The Hall–Kier alpha value is -2.53. The summed E-state index contributed by atoms with van der Waals surface area (Å²) in [5, 5.41) is 3.24. The van der Waals surface area contributed by atoms with Crippen molar-refractivity contribution < 1.29 is 14.3 Å². The number of ether oxygens (including phenoxy) is 2. The summed E-state index contributed by atoms with van der Waals surface area (Å²) in [6.45, 7) is 4.40. The molecule has 2 aromatic rings. The fourth-order valence-electron chi connectivity index (χ4n) is 4.09. The molecule has 1 aliphatic carbocycles. The highest BCUT2D eigenvalue weighted by molar-refractivity contribution is 5.78. The zero-order chi connectivity index (χ0) is 19.3. The summed E-state index contributed by atoms with van der Waals surface area (Å²) < 4.78 is 11.8. The summed E-state index contributed by atoms with van der Waals surface area (Å²) in [4.78, 5) is 14.8. The molecule has 0 unspecified atom stereocenters. The molecule has 5 nitrogen and oxygen atoms in total. The summed E-state index contributed by atoms with van der Waals surface area (Å²) in [5.41, 5.74) is 2.63. The van der Waals surface area contributed by atoms with Gasteiger partial charge >= 0.3 is 0 Å². The van der Waals surface area contributed by atoms with Crippen LogP contribution >= 0.6 is 0 Å². The molecule has 5 heteroatoms. The number of amides is 1. The number of para-hydroxylation sites is 2. The van der Waals surface area contributed by atoms with Crippen molar-refractivity contribution in [3.63, 3.8) is 0 Å². The highest BCUT2D eigenvalue weighted by atomic mass is 16.6. The number of fused-ring (bicyclic) bond motifs is 2. The van der Waals surface area contributed by atoms with Crippen LogP contribution in [0.25, 0.3) is 0 Å². The van der Waals surface area contributed by atoms with E-state index in [4.69, 9.17) is 9.47 Å². The molecular formula is C23H28N2O3. The van der Waals surface area contributed by atoms with E-state index < -0.39 is 0 Å². The Morgan fingerprint density at radius 3 is 2.79 bits per heavy atom. The van der Waals surface area contributed by atoms with Crippen molar-refractivity contribution >= 4 is 5.91 Å². The second-order valence-electron chi connectivity index (χ2n) is 7.54. The molecule has 1 aliphatic heterocycles. The molecule has 28 heavy (non-hydrogen) atoms. The van der Waals surface area contributed by atoms with Crippen LogP contribution in [-0.4, -0.2) is 43.2 Å². The van der Waals surface area contributed by atoms with Gasteiger partial charge in [-0.05, 0) is 49.1 Å². The first-order valence-electron chi connectivity index (χ1n) is 10.2. The standard InChI is InChI=1S/C23H28N2O3/c1-2-25(14-18-16-27-21-12-5-6-13-22(21)28-18)15-23(26)24-20-11-7-9-17-8-3-4-10-19(17)20/h3-6,8,10,12-13,18,20H,2,7,9,11,14-16H2,1H3,(H,24,26)/t18-,20-/m1/s1. The average Bonchev–Trinajstić information content (AvgIpc) is 2.73. The van der Waals surface area contributed by atoms with Crippen LogP contribution in [0.4, 0.5) is 0 Å². The molecule has 0 fully saturated rings. The smallest absolute Gasteiger partial charge is 0.234 e. The highest BCUT2D eigenvalue weighted by Crippen LogP contribution is 2.31. The maximum atomic E-state index is 12.7. The van der Waals surface area contributed by atoms with Gasteiger partial charge in [-0.2, -0.15) is 0 Å². The van der Waals surface area contributed by atoms with Gasteiger partial charge in [-0.15, -0.1) is 0 Å². The Balaban J connectivity index is 1.32. The van der Waals surface area contributed by atoms with Gasteiger partial charge in [0.05, 0.1) is 12.6 Å². The topological polar surface area (TPSA) is 50.8 Å². The van der Waals surface area contributed by atoms with E-state index in [1.165, 1.54) is 11.1 Å². The van der Waals surface area contributed by atoms with E-state index in [1.54, 1.807) is 0 Å². The van der Waals surface area contributed by atoms with Gasteiger partial charge in [0.1, 0.15) is 12.7 Å².